The van der Waals surface area contributed by atoms with E-state index in [9.17, 15) is 9.59 Å². The average Bonchev–Trinajstić information content (AvgIpc) is 3.47. The van der Waals surface area contributed by atoms with Gasteiger partial charge in [0.15, 0.2) is 5.82 Å². The van der Waals surface area contributed by atoms with Crippen molar-refractivity contribution < 1.29 is 14.1 Å². The molecular formula is C25H26N6O3. The lowest BCUT2D eigenvalue weighted by molar-refractivity contribution is -0.131. The van der Waals surface area contributed by atoms with Crippen molar-refractivity contribution in [3.63, 3.8) is 0 Å². The lowest BCUT2D eigenvalue weighted by Gasteiger charge is -2.30. The molecule has 5 rings (SSSR count). The summed E-state index contributed by atoms with van der Waals surface area (Å²) in [5.74, 6) is 0.945. The summed E-state index contributed by atoms with van der Waals surface area (Å²) in [5, 5.41) is 12.5. The molecule has 0 radical (unpaired) electrons. The molecule has 9 heteroatoms. The summed E-state index contributed by atoms with van der Waals surface area (Å²) >= 11 is 0. The minimum Gasteiger partial charge on any atom is -0.343 e. The van der Waals surface area contributed by atoms with Crippen LogP contribution in [-0.4, -0.2) is 56.3 Å². The van der Waals surface area contributed by atoms with Gasteiger partial charge in [0.1, 0.15) is 0 Å². The maximum atomic E-state index is 12.6. The van der Waals surface area contributed by atoms with E-state index in [0.717, 1.165) is 35.0 Å². The highest BCUT2D eigenvalue weighted by Gasteiger charge is 2.27. The van der Waals surface area contributed by atoms with Crippen LogP contribution >= 0.6 is 0 Å². The van der Waals surface area contributed by atoms with Crippen molar-refractivity contribution in [2.75, 3.05) is 19.6 Å². The molecular weight excluding hydrogens is 432 g/mol. The molecule has 1 aliphatic heterocycles. The highest BCUT2D eigenvalue weighted by Crippen LogP contribution is 2.29. The Morgan fingerprint density at radius 1 is 1.12 bits per heavy atom. The van der Waals surface area contributed by atoms with E-state index >= 15 is 0 Å². The number of benzene rings is 2. The number of nitrogens with one attached hydrogen (secondary N) is 1. The van der Waals surface area contributed by atoms with E-state index in [1.165, 1.54) is 0 Å². The largest absolute Gasteiger partial charge is 0.343 e. The van der Waals surface area contributed by atoms with E-state index < -0.39 is 0 Å². The van der Waals surface area contributed by atoms with Crippen LogP contribution in [0.1, 0.15) is 40.6 Å². The maximum Gasteiger partial charge on any atom is 0.258 e. The Balaban J connectivity index is 1.17. The van der Waals surface area contributed by atoms with Gasteiger partial charge in [-0.3, -0.25) is 14.3 Å². The minimum atomic E-state index is -0.248. The summed E-state index contributed by atoms with van der Waals surface area (Å²) in [4.78, 5) is 31.1. The topological polar surface area (TPSA) is 106 Å². The number of likely N-dealkylation sites (tertiary alicyclic amines) is 1. The van der Waals surface area contributed by atoms with Crippen molar-refractivity contribution in [1.29, 1.82) is 0 Å². The Morgan fingerprint density at radius 2 is 1.88 bits per heavy atom. The number of piperidine rings is 1. The van der Waals surface area contributed by atoms with Gasteiger partial charge in [0, 0.05) is 42.6 Å². The van der Waals surface area contributed by atoms with Crippen LogP contribution in [0.5, 0.6) is 0 Å². The Kier molecular flexibility index (Phi) is 5.83. The normalized spacial score (nSPS) is 14.5. The quantitative estimate of drug-likeness (QED) is 0.493. The van der Waals surface area contributed by atoms with Crippen LogP contribution in [0.15, 0.2) is 53.1 Å². The third kappa shape index (κ3) is 4.28. The minimum absolute atomic E-state index is 0.0132. The zero-order valence-corrected chi connectivity index (χ0v) is 19.2. The summed E-state index contributed by atoms with van der Waals surface area (Å²) in [7, 11) is 1.92. The molecule has 0 spiro atoms. The molecule has 9 nitrogen and oxygen atoms in total. The van der Waals surface area contributed by atoms with Crippen molar-refractivity contribution in [3.05, 3.63) is 65.6 Å². The predicted octanol–water partition coefficient (Wildman–Crippen LogP) is 3.07. The molecule has 0 unspecified atom stereocenters. The van der Waals surface area contributed by atoms with E-state index in [4.69, 9.17) is 4.52 Å². The van der Waals surface area contributed by atoms with Crippen LogP contribution in [0.3, 0.4) is 0 Å². The molecule has 0 aliphatic carbocycles. The lowest BCUT2D eigenvalue weighted by Crippen LogP contribution is -2.43. The molecule has 3 heterocycles. The van der Waals surface area contributed by atoms with Gasteiger partial charge < -0.3 is 14.7 Å². The molecule has 34 heavy (non-hydrogen) atoms. The van der Waals surface area contributed by atoms with Crippen LogP contribution < -0.4 is 5.32 Å². The van der Waals surface area contributed by atoms with Gasteiger partial charge in [0.2, 0.25) is 5.91 Å². The second-order valence-corrected chi connectivity index (χ2v) is 8.60. The summed E-state index contributed by atoms with van der Waals surface area (Å²) in [6.07, 6.45) is 1.49. The van der Waals surface area contributed by atoms with Gasteiger partial charge in [-0.1, -0.05) is 29.4 Å². The highest BCUT2D eigenvalue weighted by atomic mass is 16.5. The molecule has 1 saturated heterocycles. The Bertz CT molecular complexity index is 1340. The fourth-order valence-corrected chi connectivity index (χ4v) is 4.44. The van der Waals surface area contributed by atoms with E-state index in [-0.39, 0.29) is 24.3 Å². The molecule has 0 bridgehead atoms. The summed E-state index contributed by atoms with van der Waals surface area (Å²) < 4.78 is 7.41. The number of aryl methyl sites for hydroxylation is 2. The third-order valence-corrected chi connectivity index (χ3v) is 6.37. The van der Waals surface area contributed by atoms with Gasteiger partial charge in [-0.05, 0) is 44.0 Å². The van der Waals surface area contributed by atoms with Gasteiger partial charge in [0.25, 0.3) is 11.8 Å². The summed E-state index contributed by atoms with van der Waals surface area (Å²) in [5.41, 5.74) is 3.40. The molecule has 0 atom stereocenters. The van der Waals surface area contributed by atoms with E-state index in [0.29, 0.717) is 30.4 Å². The molecule has 1 fully saturated rings. The predicted molar refractivity (Wildman–Crippen MR) is 126 cm³/mol. The van der Waals surface area contributed by atoms with E-state index in [2.05, 4.69) is 20.6 Å². The number of nitrogens with zero attached hydrogens (tertiary/aromatic N) is 5. The van der Waals surface area contributed by atoms with Crippen molar-refractivity contribution in [1.82, 2.24) is 30.1 Å². The Labute approximate surface area is 196 Å². The molecule has 2 aromatic carbocycles. The number of amides is 2. The second kappa shape index (κ2) is 9.09. The monoisotopic (exact) mass is 458 g/mol. The van der Waals surface area contributed by atoms with E-state index in [1.54, 1.807) is 29.2 Å². The van der Waals surface area contributed by atoms with Crippen LogP contribution in [0, 0.1) is 6.92 Å². The van der Waals surface area contributed by atoms with Crippen molar-refractivity contribution in [3.8, 4) is 11.5 Å². The molecule has 2 aromatic heterocycles. The standard InChI is InChI=1S/C25H26N6O3/c1-16-20-9-8-19(14-21(20)30(2)28-16)25-27-23(29-34-25)17-10-12-31(13-11-17)22(32)15-26-24(33)18-6-4-3-5-7-18/h3-9,14,17H,10-13,15H2,1-2H3,(H,26,33). The Morgan fingerprint density at radius 3 is 2.65 bits per heavy atom. The first kappa shape index (κ1) is 21.8. The van der Waals surface area contributed by atoms with Gasteiger partial charge in [-0.25, -0.2) is 0 Å². The fourth-order valence-electron chi connectivity index (χ4n) is 4.44. The number of hydrogen-bond donors (Lipinski definition) is 1. The SMILES string of the molecule is Cc1nn(C)c2cc(-c3nc(C4CCN(C(=O)CNC(=O)c5ccccc5)CC4)no3)ccc12. The van der Waals surface area contributed by atoms with Crippen LogP contribution in [0.4, 0.5) is 0 Å². The summed E-state index contributed by atoms with van der Waals surface area (Å²) in [6, 6.07) is 14.9. The number of hydrogen-bond acceptors (Lipinski definition) is 6. The second-order valence-electron chi connectivity index (χ2n) is 8.60. The van der Waals surface area contributed by atoms with Crippen LogP contribution in [0.2, 0.25) is 0 Å². The first-order valence-corrected chi connectivity index (χ1v) is 11.4. The molecule has 4 aromatic rings. The molecule has 174 valence electrons. The molecule has 1 aliphatic rings. The van der Waals surface area contributed by atoms with Gasteiger partial charge in [-0.15, -0.1) is 0 Å². The van der Waals surface area contributed by atoms with Gasteiger partial charge in [0.05, 0.1) is 17.8 Å². The highest BCUT2D eigenvalue weighted by molar-refractivity contribution is 5.96. The lowest BCUT2D eigenvalue weighted by atomic mass is 9.96. The van der Waals surface area contributed by atoms with Crippen molar-refractivity contribution >= 4 is 22.7 Å². The van der Waals surface area contributed by atoms with Crippen molar-refractivity contribution in [2.45, 2.75) is 25.7 Å². The molecule has 0 saturated carbocycles. The number of carbonyl (C=O) groups is 2. The maximum absolute atomic E-state index is 12.6. The number of rotatable bonds is 5. The smallest absolute Gasteiger partial charge is 0.258 e. The van der Waals surface area contributed by atoms with Gasteiger partial charge >= 0.3 is 0 Å². The van der Waals surface area contributed by atoms with Crippen LogP contribution in [-0.2, 0) is 11.8 Å². The summed E-state index contributed by atoms with van der Waals surface area (Å²) in [6.45, 7) is 3.16. The fraction of sp³-hybridized carbons (Fsp3) is 0.320. The van der Waals surface area contributed by atoms with E-state index in [1.807, 2.05) is 42.9 Å². The number of aromatic nitrogens is 4. The first-order chi connectivity index (χ1) is 16.5. The zero-order chi connectivity index (χ0) is 23.7. The number of carbonyl (C=O) groups excluding carboxylic acids is 2. The van der Waals surface area contributed by atoms with Gasteiger partial charge in [-0.2, -0.15) is 10.1 Å². The van der Waals surface area contributed by atoms with Crippen molar-refractivity contribution in [2.24, 2.45) is 7.05 Å². The molecule has 2 amide bonds. The molecule has 1 N–H and O–H groups in total. The number of fused-ring (bicyclic) bond motifs is 1. The van der Waals surface area contributed by atoms with Crippen LogP contribution in [0.25, 0.3) is 22.4 Å². The Hall–Kier alpha value is -4.01. The zero-order valence-electron chi connectivity index (χ0n) is 19.2. The first-order valence-electron chi connectivity index (χ1n) is 11.4. The average molecular weight is 459 g/mol. The third-order valence-electron chi connectivity index (χ3n) is 6.37.